The maximum Gasteiger partial charge on any atom is 0.213 e. The van der Waals surface area contributed by atoms with Gasteiger partial charge in [0.2, 0.25) is 5.88 Å². The largest absolute Gasteiger partial charge is 0.474 e. The number of ether oxygens (including phenoxy) is 1. The fraction of sp³-hybridized carbons (Fsp3) is 0.500. The van der Waals surface area contributed by atoms with E-state index in [4.69, 9.17) is 9.15 Å². The monoisotopic (exact) mass is 356 g/mol. The zero-order chi connectivity index (χ0) is 18.0. The molecule has 2 N–H and O–H groups in total. The average Bonchev–Trinajstić information content (AvgIpc) is 3.20. The minimum absolute atomic E-state index is 0.331. The average molecular weight is 356 g/mol. The molecule has 2 heterocycles. The van der Waals surface area contributed by atoms with Crippen molar-refractivity contribution >= 4 is 5.96 Å². The summed E-state index contributed by atoms with van der Waals surface area (Å²) in [6, 6.07) is 7.88. The first kappa shape index (κ1) is 18.3. The molecule has 6 heteroatoms. The highest BCUT2D eigenvalue weighted by Crippen LogP contribution is 2.22. The summed E-state index contributed by atoms with van der Waals surface area (Å²) in [7, 11) is 1.77. The molecule has 140 valence electrons. The van der Waals surface area contributed by atoms with Gasteiger partial charge in [-0.25, -0.2) is 4.98 Å². The van der Waals surface area contributed by atoms with Gasteiger partial charge in [-0.2, -0.15) is 0 Å². The second-order valence-corrected chi connectivity index (χ2v) is 6.56. The third kappa shape index (κ3) is 5.79. The van der Waals surface area contributed by atoms with Gasteiger partial charge < -0.3 is 19.8 Å². The fourth-order valence-corrected chi connectivity index (χ4v) is 3.10. The fourth-order valence-electron chi connectivity index (χ4n) is 3.10. The lowest BCUT2D eigenvalue weighted by Crippen LogP contribution is -2.37. The number of pyridine rings is 1. The highest BCUT2D eigenvalue weighted by Gasteiger charge is 2.15. The number of furan rings is 1. The summed E-state index contributed by atoms with van der Waals surface area (Å²) in [6.45, 7) is 1.43. The molecule has 0 atom stereocenters. The zero-order valence-electron chi connectivity index (χ0n) is 15.4. The number of aliphatic imine (C=N–C) groups is 1. The summed E-state index contributed by atoms with van der Waals surface area (Å²) in [6.07, 6.45) is 10.8. The molecule has 26 heavy (non-hydrogen) atoms. The molecule has 0 aliphatic heterocycles. The van der Waals surface area contributed by atoms with E-state index in [1.54, 1.807) is 13.3 Å². The minimum Gasteiger partial charge on any atom is -0.474 e. The van der Waals surface area contributed by atoms with Crippen molar-refractivity contribution in [1.82, 2.24) is 15.6 Å². The SMILES string of the molecule is CN=C(NCCc1ccco1)NCc1ccc(OC2CCCCC2)nc1. The van der Waals surface area contributed by atoms with Crippen LogP contribution >= 0.6 is 0 Å². The van der Waals surface area contributed by atoms with Crippen molar-refractivity contribution in [2.24, 2.45) is 4.99 Å². The third-order valence-corrected chi connectivity index (χ3v) is 4.56. The van der Waals surface area contributed by atoms with Gasteiger partial charge in [0.1, 0.15) is 11.9 Å². The Labute approximate surface area is 155 Å². The van der Waals surface area contributed by atoms with Crippen LogP contribution in [0.25, 0.3) is 0 Å². The Morgan fingerprint density at radius 2 is 2.12 bits per heavy atom. The van der Waals surface area contributed by atoms with Crippen LogP contribution in [0.5, 0.6) is 5.88 Å². The van der Waals surface area contributed by atoms with Gasteiger partial charge >= 0.3 is 0 Å². The van der Waals surface area contributed by atoms with E-state index in [-0.39, 0.29) is 0 Å². The molecular weight excluding hydrogens is 328 g/mol. The first-order chi connectivity index (χ1) is 12.8. The molecule has 6 nitrogen and oxygen atoms in total. The molecule has 0 spiro atoms. The molecule has 0 unspecified atom stereocenters. The molecule has 0 amide bonds. The summed E-state index contributed by atoms with van der Waals surface area (Å²) >= 11 is 0. The van der Waals surface area contributed by atoms with Crippen LogP contribution in [0.3, 0.4) is 0 Å². The van der Waals surface area contributed by atoms with Gasteiger partial charge in [-0.1, -0.05) is 12.5 Å². The first-order valence-corrected chi connectivity index (χ1v) is 9.42. The summed E-state index contributed by atoms with van der Waals surface area (Å²) in [5, 5.41) is 6.57. The van der Waals surface area contributed by atoms with Crippen LogP contribution in [-0.4, -0.2) is 30.6 Å². The van der Waals surface area contributed by atoms with Crippen LogP contribution in [0.15, 0.2) is 46.1 Å². The third-order valence-electron chi connectivity index (χ3n) is 4.56. The lowest BCUT2D eigenvalue weighted by atomic mass is 9.98. The lowest BCUT2D eigenvalue weighted by Gasteiger charge is -2.22. The van der Waals surface area contributed by atoms with Crippen LogP contribution in [-0.2, 0) is 13.0 Å². The van der Waals surface area contributed by atoms with Crippen LogP contribution in [0.4, 0.5) is 0 Å². The number of rotatable bonds is 7. The Bertz CT molecular complexity index is 662. The van der Waals surface area contributed by atoms with E-state index >= 15 is 0 Å². The molecule has 0 aromatic carbocycles. The van der Waals surface area contributed by atoms with E-state index in [1.807, 2.05) is 30.5 Å². The first-order valence-electron chi connectivity index (χ1n) is 9.42. The van der Waals surface area contributed by atoms with Crippen molar-refractivity contribution in [3.05, 3.63) is 48.0 Å². The van der Waals surface area contributed by atoms with Crippen molar-refractivity contribution < 1.29 is 9.15 Å². The van der Waals surface area contributed by atoms with E-state index in [1.165, 1.54) is 19.3 Å². The number of hydrogen-bond donors (Lipinski definition) is 2. The second-order valence-electron chi connectivity index (χ2n) is 6.56. The summed E-state index contributed by atoms with van der Waals surface area (Å²) in [5.74, 6) is 2.45. The van der Waals surface area contributed by atoms with E-state index < -0.39 is 0 Å². The van der Waals surface area contributed by atoms with Gasteiger partial charge in [0, 0.05) is 38.8 Å². The predicted molar refractivity (Wildman–Crippen MR) is 102 cm³/mol. The highest BCUT2D eigenvalue weighted by atomic mass is 16.5. The molecule has 0 bridgehead atoms. The van der Waals surface area contributed by atoms with Crippen molar-refractivity contribution in [3.8, 4) is 5.88 Å². The number of hydrogen-bond acceptors (Lipinski definition) is 4. The Morgan fingerprint density at radius 1 is 1.23 bits per heavy atom. The summed E-state index contributed by atoms with van der Waals surface area (Å²) in [4.78, 5) is 8.67. The standard InChI is InChI=1S/C20H28N4O2/c1-21-20(22-12-11-17-8-5-13-25-17)24-15-16-9-10-19(23-14-16)26-18-6-3-2-4-7-18/h5,8-10,13-14,18H,2-4,6-7,11-12,15H2,1H3,(H2,21,22,24). The quantitative estimate of drug-likeness (QED) is 0.588. The van der Waals surface area contributed by atoms with E-state index in [0.29, 0.717) is 12.6 Å². The van der Waals surface area contributed by atoms with Gasteiger partial charge in [0.05, 0.1) is 6.26 Å². The number of guanidine groups is 1. The van der Waals surface area contributed by atoms with Crippen LogP contribution < -0.4 is 15.4 Å². The van der Waals surface area contributed by atoms with Gasteiger partial charge in [-0.3, -0.25) is 4.99 Å². The van der Waals surface area contributed by atoms with E-state index in [9.17, 15) is 0 Å². The molecular formula is C20H28N4O2. The molecule has 1 saturated carbocycles. The smallest absolute Gasteiger partial charge is 0.213 e. The number of nitrogens with one attached hydrogen (secondary N) is 2. The normalized spacial score (nSPS) is 15.7. The van der Waals surface area contributed by atoms with Crippen molar-refractivity contribution in [2.45, 2.75) is 51.2 Å². The summed E-state index contributed by atoms with van der Waals surface area (Å²) < 4.78 is 11.3. The molecule has 3 rings (SSSR count). The predicted octanol–water partition coefficient (Wildman–Crippen LogP) is 3.29. The van der Waals surface area contributed by atoms with Gasteiger partial charge in [0.25, 0.3) is 0 Å². The number of aromatic nitrogens is 1. The molecule has 0 saturated heterocycles. The maximum atomic E-state index is 5.97. The molecule has 1 fully saturated rings. The minimum atomic E-state index is 0.331. The Morgan fingerprint density at radius 3 is 2.81 bits per heavy atom. The van der Waals surface area contributed by atoms with Gasteiger partial charge in [-0.05, 0) is 43.4 Å². The van der Waals surface area contributed by atoms with E-state index in [0.717, 1.165) is 49.0 Å². The molecule has 0 radical (unpaired) electrons. The Balaban J connectivity index is 1.39. The van der Waals surface area contributed by atoms with Crippen LogP contribution in [0, 0.1) is 0 Å². The number of nitrogens with zero attached hydrogens (tertiary/aromatic N) is 2. The Hall–Kier alpha value is -2.50. The topological polar surface area (TPSA) is 71.7 Å². The van der Waals surface area contributed by atoms with Gasteiger partial charge in [-0.15, -0.1) is 0 Å². The zero-order valence-corrected chi connectivity index (χ0v) is 15.4. The van der Waals surface area contributed by atoms with Crippen molar-refractivity contribution in [1.29, 1.82) is 0 Å². The summed E-state index contributed by atoms with van der Waals surface area (Å²) in [5.41, 5.74) is 1.09. The molecule has 2 aromatic heterocycles. The van der Waals surface area contributed by atoms with Crippen LogP contribution in [0.2, 0.25) is 0 Å². The maximum absolute atomic E-state index is 5.97. The van der Waals surface area contributed by atoms with Crippen LogP contribution in [0.1, 0.15) is 43.4 Å². The molecule has 1 aliphatic rings. The molecule has 1 aliphatic carbocycles. The molecule has 2 aromatic rings. The van der Waals surface area contributed by atoms with E-state index in [2.05, 4.69) is 20.6 Å². The lowest BCUT2D eigenvalue weighted by molar-refractivity contribution is 0.148. The van der Waals surface area contributed by atoms with Gasteiger partial charge in [0.15, 0.2) is 5.96 Å². The van der Waals surface area contributed by atoms with Crippen molar-refractivity contribution in [3.63, 3.8) is 0 Å². The second kappa shape index (κ2) is 9.85. The van der Waals surface area contributed by atoms with Crippen molar-refractivity contribution in [2.75, 3.05) is 13.6 Å². The Kier molecular flexibility index (Phi) is 6.93. The highest BCUT2D eigenvalue weighted by molar-refractivity contribution is 5.79.